The molecule has 5 heteroatoms. The van der Waals surface area contributed by atoms with Crippen molar-refractivity contribution >= 4 is 17.6 Å². The number of aliphatic carboxylic acids is 1. The Morgan fingerprint density at radius 2 is 1.74 bits per heavy atom. The Morgan fingerprint density at radius 3 is 2.11 bits per heavy atom. The Morgan fingerprint density at radius 1 is 1.21 bits per heavy atom. The van der Waals surface area contributed by atoms with Gasteiger partial charge in [0.1, 0.15) is 0 Å². The van der Waals surface area contributed by atoms with Crippen molar-refractivity contribution in [3.05, 3.63) is 28.8 Å². The van der Waals surface area contributed by atoms with E-state index in [1.165, 1.54) is 0 Å². The lowest BCUT2D eigenvalue weighted by atomic mass is 9.84. The normalized spacial score (nSPS) is 16.6. The van der Waals surface area contributed by atoms with Crippen LogP contribution in [0.2, 0.25) is 0 Å². The quantitative estimate of drug-likeness (QED) is 0.813. The summed E-state index contributed by atoms with van der Waals surface area (Å²) in [6, 6.07) is 3.90. The first-order chi connectivity index (χ1) is 8.86. The van der Waals surface area contributed by atoms with Crippen LogP contribution in [0.1, 0.15) is 16.7 Å². The maximum atomic E-state index is 12.2. The molecule has 0 unspecified atom stereocenters. The van der Waals surface area contributed by atoms with Crippen molar-refractivity contribution in [2.45, 2.75) is 20.8 Å². The van der Waals surface area contributed by atoms with Gasteiger partial charge < -0.3 is 15.2 Å². The van der Waals surface area contributed by atoms with Crippen LogP contribution < -0.4 is 5.32 Å². The molecule has 5 nitrogen and oxygen atoms in total. The molecule has 0 atom stereocenters. The van der Waals surface area contributed by atoms with Gasteiger partial charge in [-0.1, -0.05) is 17.7 Å². The van der Waals surface area contributed by atoms with Crippen LogP contribution in [-0.4, -0.2) is 30.2 Å². The van der Waals surface area contributed by atoms with Crippen molar-refractivity contribution in [2.24, 2.45) is 5.41 Å². The van der Waals surface area contributed by atoms with Crippen LogP contribution in [0.25, 0.3) is 0 Å². The number of carboxylic acids is 1. The van der Waals surface area contributed by atoms with Gasteiger partial charge in [0.2, 0.25) is 5.91 Å². The van der Waals surface area contributed by atoms with Gasteiger partial charge in [0, 0.05) is 5.69 Å². The predicted molar refractivity (Wildman–Crippen MR) is 70.2 cm³/mol. The van der Waals surface area contributed by atoms with Crippen LogP contribution in [-0.2, 0) is 14.3 Å². The molecular formula is C14H17NO4. The van der Waals surface area contributed by atoms with E-state index in [2.05, 4.69) is 5.32 Å². The summed E-state index contributed by atoms with van der Waals surface area (Å²) >= 11 is 0. The minimum Gasteiger partial charge on any atom is -0.480 e. The number of ether oxygens (including phenoxy) is 1. The highest BCUT2D eigenvalue weighted by Crippen LogP contribution is 2.31. The molecule has 102 valence electrons. The van der Waals surface area contributed by atoms with Crippen molar-refractivity contribution in [2.75, 3.05) is 18.5 Å². The zero-order chi connectivity index (χ0) is 14.2. The van der Waals surface area contributed by atoms with Crippen molar-refractivity contribution in [3.63, 3.8) is 0 Å². The van der Waals surface area contributed by atoms with Gasteiger partial charge in [-0.25, -0.2) is 0 Å². The number of nitrogens with one attached hydrogen (secondary N) is 1. The van der Waals surface area contributed by atoms with Crippen molar-refractivity contribution in [1.29, 1.82) is 0 Å². The highest BCUT2D eigenvalue weighted by molar-refractivity contribution is 6.09. The molecular weight excluding hydrogens is 246 g/mol. The van der Waals surface area contributed by atoms with Crippen LogP contribution in [0.3, 0.4) is 0 Å². The first-order valence-corrected chi connectivity index (χ1v) is 6.07. The number of hydrogen-bond acceptors (Lipinski definition) is 3. The van der Waals surface area contributed by atoms with E-state index in [4.69, 9.17) is 4.74 Å². The number of carbonyl (C=O) groups is 2. The first kappa shape index (κ1) is 13.5. The highest BCUT2D eigenvalue weighted by atomic mass is 16.5. The predicted octanol–water partition coefficient (Wildman–Crippen LogP) is 1.65. The van der Waals surface area contributed by atoms with E-state index in [1.54, 1.807) is 0 Å². The SMILES string of the molecule is Cc1cc(C)c(NC(=O)C2(C(=O)O)COC2)c(C)c1. The molecule has 1 amide bonds. The van der Waals surface area contributed by atoms with E-state index in [9.17, 15) is 14.7 Å². The van der Waals surface area contributed by atoms with E-state index >= 15 is 0 Å². The molecule has 0 spiro atoms. The van der Waals surface area contributed by atoms with Crippen molar-refractivity contribution < 1.29 is 19.4 Å². The van der Waals surface area contributed by atoms with Crippen LogP contribution in [0, 0.1) is 26.2 Å². The third-order valence-electron chi connectivity index (χ3n) is 3.46. The summed E-state index contributed by atoms with van der Waals surface area (Å²) in [7, 11) is 0. The summed E-state index contributed by atoms with van der Waals surface area (Å²) in [6.45, 7) is 5.61. The summed E-state index contributed by atoms with van der Waals surface area (Å²) < 4.78 is 4.90. The van der Waals surface area contributed by atoms with E-state index in [-0.39, 0.29) is 13.2 Å². The fourth-order valence-electron chi connectivity index (χ4n) is 2.27. The number of carbonyl (C=O) groups excluding carboxylic acids is 1. The molecule has 2 rings (SSSR count). The molecule has 0 radical (unpaired) electrons. The standard InChI is InChI=1S/C14H17NO4/c1-8-4-9(2)11(10(3)5-8)15-12(16)14(13(17)18)6-19-7-14/h4-5H,6-7H2,1-3H3,(H,15,16)(H,17,18). The van der Waals surface area contributed by atoms with Gasteiger partial charge in [0.25, 0.3) is 0 Å². The Balaban J connectivity index is 2.27. The fraction of sp³-hybridized carbons (Fsp3) is 0.429. The van der Waals surface area contributed by atoms with Gasteiger partial charge in [-0.2, -0.15) is 0 Å². The second kappa shape index (κ2) is 4.66. The molecule has 19 heavy (non-hydrogen) atoms. The van der Waals surface area contributed by atoms with Crippen LogP contribution in [0.15, 0.2) is 12.1 Å². The van der Waals surface area contributed by atoms with Gasteiger partial charge in [-0.15, -0.1) is 0 Å². The van der Waals surface area contributed by atoms with E-state index in [0.717, 1.165) is 16.7 Å². The van der Waals surface area contributed by atoms with Crippen LogP contribution >= 0.6 is 0 Å². The van der Waals surface area contributed by atoms with Crippen molar-refractivity contribution in [3.8, 4) is 0 Å². The fourth-order valence-corrected chi connectivity index (χ4v) is 2.27. The minimum absolute atomic E-state index is 0.0713. The van der Waals surface area contributed by atoms with Crippen molar-refractivity contribution in [1.82, 2.24) is 0 Å². The molecule has 0 aromatic heterocycles. The molecule has 0 bridgehead atoms. The second-order valence-electron chi connectivity index (χ2n) is 5.11. The summed E-state index contributed by atoms with van der Waals surface area (Å²) in [5.74, 6) is -1.65. The molecule has 1 aliphatic heterocycles. The monoisotopic (exact) mass is 263 g/mol. The Bertz CT molecular complexity index is 523. The number of rotatable bonds is 3. The molecule has 0 aliphatic carbocycles. The maximum Gasteiger partial charge on any atom is 0.324 e. The zero-order valence-electron chi connectivity index (χ0n) is 11.2. The largest absolute Gasteiger partial charge is 0.480 e. The average Bonchev–Trinajstić information content (AvgIpc) is 2.20. The average molecular weight is 263 g/mol. The Labute approximate surface area is 111 Å². The summed E-state index contributed by atoms with van der Waals surface area (Å²) in [5.41, 5.74) is 2.19. The van der Waals surface area contributed by atoms with Gasteiger partial charge in [-0.05, 0) is 31.9 Å². The number of carboxylic acid groups (broad SMARTS) is 1. The number of amides is 1. The summed E-state index contributed by atoms with van der Waals surface area (Å²) in [4.78, 5) is 23.4. The molecule has 2 N–H and O–H groups in total. The zero-order valence-corrected chi connectivity index (χ0v) is 11.2. The third kappa shape index (κ3) is 2.21. The summed E-state index contributed by atoms with van der Waals surface area (Å²) in [6.07, 6.45) is 0. The third-order valence-corrected chi connectivity index (χ3v) is 3.46. The molecule has 1 fully saturated rings. The lowest BCUT2D eigenvalue weighted by Gasteiger charge is -2.35. The van der Waals surface area contributed by atoms with E-state index < -0.39 is 17.3 Å². The molecule has 1 aliphatic rings. The molecule has 1 aromatic carbocycles. The number of hydrogen-bond donors (Lipinski definition) is 2. The van der Waals surface area contributed by atoms with Gasteiger partial charge in [0.15, 0.2) is 5.41 Å². The van der Waals surface area contributed by atoms with Gasteiger partial charge in [0.05, 0.1) is 13.2 Å². The lowest BCUT2D eigenvalue weighted by molar-refractivity contribution is -0.182. The number of anilines is 1. The number of benzene rings is 1. The molecule has 1 aromatic rings. The second-order valence-corrected chi connectivity index (χ2v) is 5.11. The smallest absolute Gasteiger partial charge is 0.324 e. The maximum absolute atomic E-state index is 12.2. The van der Waals surface area contributed by atoms with Gasteiger partial charge >= 0.3 is 5.97 Å². The van der Waals surface area contributed by atoms with Gasteiger partial charge in [-0.3, -0.25) is 9.59 Å². The Kier molecular flexibility index (Phi) is 3.32. The van der Waals surface area contributed by atoms with Crippen LogP contribution in [0.5, 0.6) is 0 Å². The van der Waals surface area contributed by atoms with E-state index in [1.807, 2.05) is 32.9 Å². The van der Waals surface area contributed by atoms with Crippen LogP contribution in [0.4, 0.5) is 5.69 Å². The number of aryl methyl sites for hydroxylation is 3. The minimum atomic E-state index is -1.44. The molecule has 0 saturated carbocycles. The highest BCUT2D eigenvalue weighted by Gasteiger charge is 2.53. The molecule has 1 saturated heterocycles. The van der Waals surface area contributed by atoms with E-state index in [0.29, 0.717) is 5.69 Å². The Hall–Kier alpha value is -1.88. The lowest BCUT2D eigenvalue weighted by Crippen LogP contribution is -2.57. The molecule has 1 heterocycles. The topological polar surface area (TPSA) is 75.6 Å². The first-order valence-electron chi connectivity index (χ1n) is 6.07. The summed E-state index contributed by atoms with van der Waals surface area (Å²) in [5, 5.41) is 11.9.